The van der Waals surface area contributed by atoms with Crippen LogP contribution in [0.5, 0.6) is 0 Å². The minimum Gasteiger partial charge on any atom is -0.343 e. The molecule has 7 nitrogen and oxygen atoms in total. The van der Waals surface area contributed by atoms with Crippen LogP contribution >= 0.6 is 0 Å². The highest BCUT2D eigenvalue weighted by Gasteiger charge is 2.38. The molecule has 0 bridgehead atoms. The molecule has 1 amide bonds. The fraction of sp³-hybridized carbons (Fsp3) is 0.550. The van der Waals surface area contributed by atoms with Crippen LogP contribution in [0.3, 0.4) is 0 Å². The van der Waals surface area contributed by atoms with Crippen molar-refractivity contribution in [1.29, 1.82) is 0 Å². The van der Waals surface area contributed by atoms with Crippen molar-refractivity contribution in [3.8, 4) is 0 Å². The zero-order valence-electron chi connectivity index (χ0n) is 16.4. The lowest BCUT2D eigenvalue weighted by Crippen LogP contribution is -2.46. The van der Waals surface area contributed by atoms with Crippen LogP contribution in [0.1, 0.15) is 62.2 Å². The van der Waals surface area contributed by atoms with E-state index >= 15 is 0 Å². The second-order valence-corrected chi connectivity index (χ2v) is 9.67. The van der Waals surface area contributed by atoms with E-state index in [4.69, 9.17) is 4.52 Å². The number of hydrogen-bond donors (Lipinski definition) is 1. The summed E-state index contributed by atoms with van der Waals surface area (Å²) in [5, 5.41) is 7.10. The maximum Gasteiger partial charge on any atom is 0.223 e. The minimum atomic E-state index is -3.51. The summed E-state index contributed by atoms with van der Waals surface area (Å²) in [6.45, 7) is 3.62. The molecule has 0 atom stereocenters. The number of amides is 1. The van der Waals surface area contributed by atoms with Crippen molar-refractivity contribution in [3.63, 3.8) is 0 Å². The van der Waals surface area contributed by atoms with Crippen LogP contribution in [-0.2, 0) is 20.2 Å². The largest absolute Gasteiger partial charge is 0.343 e. The Hall–Kier alpha value is -2.22. The van der Waals surface area contributed by atoms with Crippen molar-refractivity contribution in [2.45, 2.75) is 69.2 Å². The summed E-state index contributed by atoms with van der Waals surface area (Å²) < 4.78 is 30.2. The number of sulfone groups is 1. The lowest BCUT2D eigenvalue weighted by molar-refractivity contribution is -0.123. The van der Waals surface area contributed by atoms with Gasteiger partial charge in [-0.25, -0.2) is 8.42 Å². The van der Waals surface area contributed by atoms with Crippen molar-refractivity contribution >= 4 is 15.7 Å². The summed E-state index contributed by atoms with van der Waals surface area (Å²) in [6.07, 6.45) is 5.44. The Morgan fingerprint density at radius 3 is 2.32 bits per heavy atom. The van der Waals surface area contributed by atoms with E-state index in [2.05, 4.69) is 15.5 Å². The summed E-state index contributed by atoms with van der Waals surface area (Å²) in [6, 6.07) is 6.67. The molecular formula is C20H27N3O4S. The van der Waals surface area contributed by atoms with Crippen molar-refractivity contribution in [2.24, 2.45) is 0 Å². The minimum absolute atomic E-state index is 0.102. The van der Waals surface area contributed by atoms with Gasteiger partial charge < -0.3 is 9.84 Å². The van der Waals surface area contributed by atoms with Crippen LogP contribution in [0.15, 0.2) is 33.7 Å². The summed E-state index contributed by atoms with van der Waals surface area (Å²) in [4.78, 5) is 17.3. The van der Waals surface area contributed by atoms with E-state index in [1.807, 2.05) is 6.92 Å². The highest BCUT2D eigenvalue weighted by atomic mass is 32.2. The molecule has 0 saturated heterocycles. The Bertz CT molecular complexity index is 911. The number of nitrogens with one attached hydrogen (secondary N) is 1. The van der Waals surface area contributed by atoms with Gasteiger partial charge in [-0.05, 0) is 31.9 Å². The van der Waals surface area contributed by atoms with Gasteiger partial charge in [0.25, 0.3) is 0 Å². The molecule has 0 radical (unpaired) electrons. The van der Waals surface area contributed by atoms with E-state index in [0.717, 1.165) is 44.1 Å². The van der Waals surface area contributed by atoms with E-state index in [1.54, 1.807) is 31.2 Å². The van der Waals surface area contributed by atoms with Crippen LogP contribution in [0.2, 0.25) is 0 Å². The smallest absolute Gasteiger partial charge is 0.223 e. The molecule has 1 saturated carbocycles. The Morgan fingerprint density at radius 1 is 1.11 bits per heavy atom. The van der Waals surface area contributed by atoms with Gasteiger partial charge in [0.2, 0.25) is 11.8 Å². The molecule has 28 heavy (non-hydrogen) atoms. The molecule has 8 heteroatoms. The zero-order chi connectivity index (χ0) is 20.2. The first kappa shape index (κ1) is 20.5. The van der Waals surface area contributed by atoms with E-state index in [1.165, 1.54) is 0 Å². The number of aromatic nitrogens is 2. The van der Waals surface area contributed by atoms with Crippen LogP contribution in [0, 0.1) is 13.8 Å². The van der Waals surface area contributed by atoms with Gasteiger partial charge in [-0.2, -0.15) is 4.98 Å². The first-order valence-electron chi connectivity index (χ1n) is 9.72. The zero-order valence-corrected chi connectivity index (χ0v) is 17.2. The van der Waals surface area contributed by atoms with E-state index in [0.29, 0.717) is 11.7 Å². The molecule has 1 N–H and O–H groups in total. The molecule has 2 aromatic rings. The Morgan fingerprint density at radius 2 is 1.75 bits per heavy atom. The quantitative estimate of drug-likeness (QED) is 0.740. The lowest BCUT2D eigenvalue weighted by atomic mass is 9.89. The summed E-state index contributed by atoms with van der Waals surface area (Å²) in [5.41, 5.74) is 0.307. The van der Waals surface area contributed by atoms with Crippen molar-refractivity contribution in [3.05, 3.63) is 41.5 Å². The highest BCUT2D eigenvalue weighted by molar-refractivity contribution is 7.91. The molecule has 0 spiro atoms. The van der Waals surface area contributed by atoms with Gasteiger partial charge in [0.05, 0.1) is 10.6 Å². The van der Waals surface area contributed by atoms with Crippen LogP contribution in [0.25, 0.3) is 0 Å². The molecule has 0 aliphatic heterocycles. The lowest BCUT2D eigenvalue weighted by Gasteiger charge is -2.30. The van der Waals surface area contributed by atoms with Gasteiger partial charge in [0.1, 0.15) is 5.54 Å². The third kappa shape index (κ3) is 4.79. The normalized spacial score (nSPS) is 17.1. The molecule has 1 aliphatic carbocycles. The standard InChI is InChI=1S/C20H27N3O4S/c1-15-7-9-17(10-8-15)28(25,26)14-11-18(24)22-20(12-5-3-4-6-13-20)19-21-16(2)27-23-19/h7-10H,3-6,11-14H2,1-2H3,(H,22,24). The summed E-state index contributed by atoms with van der Waals surface area (Å²) >= 11 is 0. The summed E-state index contributed by atoms with van der Waals surface area (Å²) in [5.74, 6) is 0.403. The fourth-order valence-electron chi connectivity index (χ4n) is 3.65. The molecule has 1 fully saturated rings. The van der Waals surface area contributed by atoms with Gasteiger partial charge in [-0.1, -0.05) is 48.5 Å². The van der Waals surface area contributed by atoms with Gasteiger partial charge >= 0.3 is 0 Å². The van der Waals surface area contributed by atoms with Gasteiger partial charge in [0, 0.05) is 13.3 Å². The molecule has 1 heterocycles. The maximum absolute atomic E-state index is 12.7. The third-order valence-electron chi connectivity index (χ3n) is 5.27. The van der Waals surface area contributed by atoms with Gasteiger partial charge in [-0.3, -0.25) is 4.79 Å². The van der Waals surface area contributed by atoms with Crippen LogP contribution < -0.4 is 5.32 Å². The number of benzene rings is 1. The first-order valence-corrected chi connectivity index (χ1v) is 11.4. The van der Waals surface area contributed by atoms with Crippen LogP contribution in [0.4, 0.5) is 0 Å². The second-order valence-electron chi connectivity index (χ2n) is 7.56. The van der Waals surface area contributed by atoms with E-state index in [-0.39, 0.29) is 23.0 Å². The number of rotatable bonds is 6. The molecule has 1 aromatic heterocycles. The molecule has 3 rings (SSSR count). The molecule has 152 valence electrons. The van der Waals surface area contributed by atoms with Crippen molar-refractivity contribution in [2.75, 3.05) is 5.75 Å². The van der Waals surface area contributed by atoms with E-state index < -0.39 is 15.4 Å². The van der Waals surface area contributed by atoms with E-state index in [9.17, 15) is 13.2 Å². The number of hydrogen-bond acceptors (Lipinski definition) is 6. The predicted octanol–water partition coefficient (Wildman–Crippen LogP) is 3.22. The predicted molar refractivity (Wildman–Crippen MR) is 104 cm³/mol. The Balaban J connectivity index is 1.71. The Labute approximate surface area is 165 Å². The molecule has 1 aromatic carbocycles. The number of carbonyl (C=O) groups excluding carboxylic acids is 1. The second kappa shape index (κ2) is 8.43. The monoisotopic (exact) mass is 405 g/mol. The topological polar surface area (TPSA) is 102 Å². The molecular weight excluding hydrogens is 378 g/mol. The maximum atomic E-state index is 12.7. The summed E-state index contributed by atoms with van der Waals surface area (Å²) in [7, 11) is -3.51. The van der Waals surface area contributed by atoms with Gasteiger partial charge in [-0.15, -0.1) is 0 Å². The average Bonchev–Trinajstić information content (AvgIpc) is 2.96. The number of aryl methyl sites for hydroxylation is 2. The SMILES string of the molecule is Cc1ccc(S(=O)(=O)CCC(=O)NC2(c3noc(C)n3)CCCCCC2)cc1. The number of carbonyl (C=O) groups is 1. The van der Waals surface area contributed by atoms with Crippen LogP contribution in [-0.4, -0.2) is 30.2 Å². The molecule has 1 aliphatic rings. The van der Waals surface area contributed by atoms with Gasteiger partial charge in [0.15, 0.2) is 15.7 Å². The van der Waals surface area contributed by atoms with Crippen molar-refractivity contribution < 1.29 is 17.7 Å². The Kier molecular flexibility index (Phi) is 6.17. The highest BCUT2D eigenvalue weighted by Crippen LogP contribution is 2.34. The molecule has 0 unspecified atom stereocenters. The van der Waals surface area contributed by atoms with Crippen molar-refractivity contribution in [1.82, 2.24) is 15.5 Å². The number of nitrogens with zero attached hydrogens (tertiary/aromatic N) is 2. The third-order valence-corrected chi connectivity index (χ3v) is 7.00. The average molecular weight is 406 g/mol. The fourth-order valence-corrected chi connectivity index (χ4v) is 4.89. The first-order chi connectivity index (χ1) is 13.3.